The molecule has 1 amide bonds. The van der Waals surface area contributed by atoms with Crippen molar-refractivity contribution in [1.82, 2.24) is 5.32 Å². The number of amides is 1. The van der Waals surface area contributed by atoms with Crippen LogP contribution in [0.4, 0.5) is 4.39 Å². The molecule has 0 bridgehead atoms. The fraction of sp³-hybridized carbons (Fsp3) is 0.364. The molecule has 0 aromatic heterocycles. The standard InChI is InChI=1S/C11H13BrFNO2/c1-7(15)4-5-14-11(16)9-6-8(12)2-3-10(9)13/h2-3,6-7,15H,4-5H2,1H3,(H,14,16). The van der Waals surface area contributed by atoms with Crippen molar-refractivity contribution in [2.24, 2.45) is 0 Å². The van der Waals surface area contributed by atoms with Gasteiger partial charge in [-0.25, -0.2) is 4.39 Å². The number of halogens is 2. The van der Waals surface area contributed by atoms with Gasteiger partial charge in [-0.15, -0.1) is 0 Å². The van der Waals surface area contributed by atoms with Crippen LogP contribution in [0.3, 0.4) is 0 Å². The van der Waals surface area contributed by atoms with Crippen molar-refractivity contribution in [2.45, 2.75) is 19.4 Å². The average molecular weight is 290 g/mol. The maximum Gasteiger partial charge on any atom is 0.254 e. The molecule has 0 fully saturated rings. The minimum atomic E-state index is -0.558. The molecule has 0 heterocycles. The molecule has 1 rings (SSSR count). The largest absolute Gasteiger partial charge is 0.393 e. The molecule has 0 spiro atoms. The van der Waals surface area contributed by atoms with Crippen LogP contribution in [0, 0.1) is 5.82 Å². The molecule has 0 saturated heterocycles. The molecule has 1 aromatic rings. The van der Waals surface area contributed by atoms with E-state index in [0.717, 1.165) is 0 Å². The molecule has 88 valence electrons. The summed E-state index contributed by atoms with van der Waals surface area (Å²) < 4.78 is 13.9. The summed E-state index contributed by atoms with van der Waals surface area (Å²) >= 11 is 3.17. The fourth-order valence-corrected chi connectivity index (χ4v) is 1.52. The predicted octanol–water partition coefficient (Wildman–Crippen LogP) is 2.09. The second kappa shape index (κ2) is 5.96. The number of hydrogen-bond donors (Lipinski definition) is 2. The van der Waals surface area contributed by atoms with E-state index in [1.165, 1.54) is 18.2 Å². The SMILES string of the molecule is CC(O)CCNC(=O)c1cc(Br)ccc1F. The van der Waals surface area contributed by atoms with E-state index >= 15 is 0 Å². The lowest BCUT2D eigenvalue weighted by Gasteiger charge is -2.07. The normalized spacial score (nSPS) is 12.2. The maximum atomic E-state index is 13.3. The lowest BCUT2D eigenvalue weighted by Crippen LogP contribution is -2.27. The Balaban J connectivity index is 2.62. The van der Waals surface area contributed by atoms with E-state index in [1.54, 1.807) is 6.92 Å². The third-order valence-corrected chi connectivity index (χ3v) is 2.51. The number of aliphatic hydroxyl groups is 1. The molecular weight excluding hydrogens is 277 g/mol. The van der Waals surface area contributed by atoms with E-state index in [0.29, 0.717) is 17.4 Å². The summed E-state index contributed by atoms with van der Waals surface area (Å²) in [6.07, 6.45) is -0.0332. The number of rotatable bonds is 4. The van der Waals surface area contributed by atoms with Crippen molar-refractivity contribution in [3.8, 4) is 0 Å². The smallest absolute Gasteiger partial charge is 0.254 e. The van der Waals surface area contributed by atoms with Crippen LogP contribution in [0.5, 0.6) is 0 Å². The highest BCUT2D eigenvalue weighted by Crippen LogP contribution is 2.15. The van der Waals surface area contributed by atoms with Gasteiger partial charge in [-0.05, 0) is 31.5 Å². The second-order valence-electron chi connectivity index (χ2n) is 3.52. The maximum absolute atomic E-state index is 13.3. The van der Waals surface area contributed by atoms with Crippen molar-refractivity contribution in [3.63, 3.8) is 0 Å². The van der Waals surface area contributed by atoms with Crippen LogP contribution in [-0.4, -0.2) is 23.7 Å². The molecule has 0 aliphatic heterocycles. The highest BCUT2D eigenvalue weighted by molar-refractivity contribution is 9.10. The Morgan fingerprint density at radius 1 is 1.62 bits per heavy atom. The molecule has 5 heteroatoms. The van der Waals surface area contributed by atoms with E-state index < -0.39 is 17.8 Å². The quantitative estimate of drug-likeness (QED) is 0.892. The Hall–Kier alpha value is -0.940. The monoisotopic (exact) mass is 289 g/mol. The summed E-state index contributed by atoms with van der Waals surface area (Å²) in [4.78, 5) is 11.5. The van der Waals surface area contributed by atoms with Crippen molar-refractivity contribution in [3.05, 3.63) is 34.1 Å². The van der Waals surface area contributed by atoms with Gasteiger partial charge in [-0.3, -0.25) is 4.79 Å². The molecule has 1 unspecified atom stereocenters. The molecule has 1 atom stereocenters. The summed E-state index contributed by atoms with van der Waals surface area (Å²) in [5, 5.41) is 11.5. The van der Waals surface area contributed by atoms with Crippen LogP contribution in [0.1, 0.15) is 23.7 Å². The van der Waals surface area contributed by atoms with Gasteiger partial charge in [-0.1, -0.05) is 15.9 Å². The number of hydrogen-bond acceptors (Lipinski definition) is 2. The zero-order chi connectivity index (χ0) is 12.1. The van der Waals surface area contributed by atoms with Crippen molar-refractivity contribution >= 4 is 21.8 Å². The Morgan fingerprint density at radius 3 is 2.94 bits per heavy atom. The van der Waals surface area contributed by atoms with Crippen LogP contribution >= 0.6 is 15.9 Å². The molecule has 0 radical (unpaired) electrons. The highest BCUT2D eigenvalue weighted by Gasteiger charge is 2.11. The first-order valence-electron chi connectivity index (χ1n) is 4.92. The summed E-state index contributed by atoms with van der Waals surface area (Å²) in [6.45, 7) is 1.95. The van der Waals surface area contributed by atoms with Gasteiger partial charge >= 0.3 is 0 Å². The van der Waals surface area contributed by atoms with Crippen molar-refractivity contribution in [2.75, 3.05) is 6.54 Å². The zero-order valence-corrected chi connectivity index (χ0v) is 10.4. The first-order chi connectivity index (χ1) is 7.50. The number of aliphatic hydroxyl groups excluding tert-OH is 1. The van der Waals surface area contributed by atoms with Crippen molar-refractivity contribution < 1.29 is 14.3 Å². The van der Waals surface area contributed by atoms with Crippen LogP contribution < -0.4 is 5.32 Å². The Bertz CT molecular complexity index is 382. The molecule has 0 aliphatic rings. The number of carbonyl (C=O) groups is 1. The average Bonchev–Trinajstić information content (AvgIpc) is 2.21. The summed E-state index contributed by atoms with van der Waals surface area (Å²) in [7, 11) is 0. The van der Waals surface area contributed by atoms with Gasteiger partial charge in [0.2, 0.25) is 0 Å². The summed E-state index contributed by atoms with van der Waals surface area (Å²) in [6, 6.07) is 4.18. The molecule has 3 nitrogen and oxygen atoms in total. The lowest BCUT2D eigenvalue weighted by atomic mass is 10.2. The summed E-state index contributed by atoms with van der Waals surface area (Å²) in [5.41, 5.74) is -0.0000298. The van der Waals surface area contributed by atoms with Gasteiger partial charge in [0.25, 0.3) is 5.91 Å². The molecule has 2 N–H and O–H groups in total. The van der Waals surface area contributed by atoms with Gasteiger partial charge in [-0.2, -0.15) is 0 Å². The molecule has 1 aromatic carbocycles. The Morgan fingerprint density at radius 2 is 2.31 bits per heavy atom. The third-order valence-electron chi connectivity index (χ3n) is 2.02. The van der Waals surface area contributed by atoms with E-state index in [1.807, 2.05) is 0 Å². The van der Waals surface area contributed by atoms with Crippen molar-refractivity contribution in [1.29, 1.82) is 0 Å². The minimum Gasteiger partial charge on any atom is -0.393 e. The van der Waals surface area contributed by atoms with Gasteiger partial charge in [0.15, 0.2) is 0 Å². The number of nitrogens with one attached hydrogen (secondary N) is 1. The number of carbonyl (C=O) groups excluding carboxylic acids is 1. The number of benzene rings is 1. The molecular formula is C11H13BrFNO2. The van der Waals surface area contributed by atoms with Crippen LogP contribution in [0.15, 0.2) is 22.7 Å². The van der Waals surface area contributed by atoms with Gasteiger partial charge in [0.1, 0.15) is 5.82 Å². The van der Waals surface area contributed by atoms with E-state index in [9.17, 15) is 9.18 Å². The van der Waals surface area contributed by atoms with E-state index in [4.69, 9.17) is 5.11 Å². The van der Waals surface area contributed by atoms with Gasteiger partial charge in [0, 0.05) is 11.0 Å². The molecule has 16 heavy (non-hydrogen) atoms. The first-order valence-corrected chi connectivity index (χ1v) is 5.71. The second-order valence-corrected chi connectivity index (χ2v) is 4.43. The third kappa shape index (κ3) is 3.90. The van der Waals surface area contributed by atoms with Crippen LogP contribution in [-0.2, 0) is 0 Å². The molecule has 0 aliphatic carbocycles. The highest BCUT2D eigenvalue weighted by atomic mass is 79.9. The fourth-order valence-electron chi connectivity index (χ4n) is 1.16. The van der Waals surface area contributed by atoms with E-state index in [-0.39, 0.29) is 5.56 Å². The summed E-state index contributed by atoms with van der Waals surface area (Å²) in [5.74, 6) is -1.03. The minimum absolute atomic E-state index is 0.0000298. The van der Waals surface area contributed by atoms with Gasteiger partial charge < -0.3 is 10.4 Å². The predicted molar refractivity (Wildman–Crippen MR) is 62.7 cm³/mol. The van der Waals surface area contributed by atoms with E-state index in [2.05, 4.69) is 21.2 Å². The first kappa shape index (κ1) is 13.1. The zero-order valence-electron chi connectivity index (χ0n) is 8.84. The topological polar surface area (TPSA) is 49.3 Å². The molecule has 0 saturated carbocycles. The Labute approximate surface area is 102 Å². The van der Waals surface area contributed by atoms with Crippen LogP contribution in [0.25, 0.3) is 0 Å². The van der Waals surface area contributed by atoms with Crippen LogP contribution in [0.2, 0.25) is 0 Å². The lowest BCUT2D eigenvalue weighted by molar-refractivity contribution is 0.0941. The Kier molecular flexibility index (Phi) is 4.89. The van der Waals surface area contributed by atoms with Gasteiger partial charge in [0.05, 0.1) is 11.7 Å².